The second kappa shape index (κ2) is 9.75. The van der Waals surface area contributed by atoms with Crippen LogP contribution in [-0.4, -0.2) is 20.6 Å². The molecule has 2 heterocycles. The van der Waals surface area contributed by atoms with E-state index in [2.05, 4.69) is 34.7 Å². The van der Waals surface area contributed by atoms with Gasteiger partial charge in [0.15, 0.2) is 11.6 Å². The summed E-state index contributed by atoms with van der Waals surface area (Å²) in [5.41, 5.74) is 1.66. The first kappa shape index (κ1) is 22.9. The molecule has 0 unspecified atom stereocenters. The highest BCUT2D eigenvalue weighted by molar-refractivity contribution is 6.01. The first-order valence-electron chi connectivity index (χ1n) is 11.2. The number of fused-ring (bicyclic) bond motifs is 1. The Kier molecular flexibility index (Phi) is 6.19. The van der Waals surface area contributed by atoms with Gasteiger partial charge in [-0.15, -0.1) is 0 Å². The number of ether oxygens (including phenoxy) is 1. The first-order valence-corrected chi connectivity index (χ1v) is 11.2. The number of anilines is 1. The maximum Gasteiger partial charge on any atom is 0.292 e. The van der Waals surface area contributed by atoms with Crippen molar-refractivity contribution in [2.75, 3.05) is 5.32 Å². The van der Waals surface area contributed by atoms with E-state index in [9.17, 15) is 14.9 Å². The van der Waals surface area contributed by atoms with Gasteiger partial charge >= 0.3 is 0 Å². The molecule has 0 aliphatic rings. The van der Waals surface area contributed by atoms with E-state index in [1.54, 1.807) is 35.9 Å². The predicted octanol–water partition coefficient (Wildman–Crippen LogP) is 5.73. The Labute approximate surface area is 206 Å². The molecule has 0 aliphatic heterocycles. The molecular formula is C27H22N4O5. The SMILES string of the molecule is Cc1cc(OCc2ccc(C(=O)Nc3ccn(Cc4cccc5ccccc45)n3)o2)ccc1[N+](=O)[O-]. The Morgan fingerprint density at radius 3 is 2.75 bits per heavy atom. The number of aryl methyl sites for hydroxylation is 1. The van der Waals surface area contributed by atoms with Crippen molar-refractivity contribution in [2.24, 2.45) is 0 Å². The summed E-state index contributed by atoms with van der Waals surface area (Å²) in [5.74, 6) is 1.02. The fraction of sp³-hybridized carbons (Fsp3) is 0.111. The molecule has 0 fully saturated rings. The van der Waals surface area contributed by atoms with Crippen LogP contribution in [0.25, 0.3) is 10.8 Å². The zero-order valence-corrected chi connectivity index (χ0v) is 19.4. The van der Waals surface area contributed by atoms with E-state index in [1.807, 2.05) is 24.4 Å². The van der Waals surface area contributed by atoms with Crippen molar-refractivity contribution in [3.05, 3.63) is 118 Å². The number of nitrogens with one attached hydrogen (secondary N) is 1. The third-order valence-corrected chi connectivity index (χ3v) is 5.73. The van der Waals surface area contributed by atoms with Gasteiger partial charge in [0.2, 0.25) is 0 Å². The highest BCUT2D eigenvalue weighted by atomic mass is 16.6. The van der Waals surface area contributed by atoms with Crippen LogP contribution < -0.4 is 10.1 Å². The van der Waals surface area contributed by atoms with Crippen molar-refractivity contribution in [1.29, 1.82) is 0 Å². The summed E-state index contributed by atoms with van der Waals surface area (Å²) < 4.78 is 13.0. The number of nitro benzene ring substituents is 1. The van der Waals surface area contributed by atoms with E-state index in [0.717, 1.165) is 16.3 Å². The molecular weight excluding hydrogens is 460 g/mol. The van der Waals surface area contributed by atoms with Gasteiger partial charge in [0, 0.05) is 23.9 Å². The van der Waals surface area contributed by atoms with Crippen LogP contribution in [0.2, 0.25) is 0 Å². The molecule has 9 heteroatoms. The fourth-order valence-corrected chi connectivity index (χ4v) is 3.95. The molecule has 0 radical (unpaired) electrons. The summed E-state index contributed by atoms with van der Waals surface area (Å²) in [5, 5.41) is 20.5. The van der Waals surface area contributed by atoms with Gasteiger partial charge in [-0.3, -0.25) is 19.6 Å². The molecule has 0 spiro atoms. The van der Waals surface area contributed by atoms with Crippen LogP contribution >= 0.6 is 0 Å². The first-order chi connectivity index (χ1) is 17.5. The van der Waals surface area contributed by atoms with Crippen LogP contribution in [0, 0.1) is 17.0 Å². The Bertz CT molecular complexity index is 1560. The molecule has 9 nitrogen and oxygen atoms in total. The molecule has 1 amide bonds. The number of nitrogens with zero attached hydrogens (tertiary/aromatic N) is 3. The van der Waals surface area contributed by atoms with Crippen molar-refractivity contribution in [3.63, 3.8) is 0 Å². The van der Waals surface area contributed by atoms with E-state index in [0.29, 0.717) is 29.4 Å². The van der Waals surface area contributed by atoms with E-state index >= 15 is 0 Å². The number of carbonyl (C=O) groups is 1. The second-order valence-corrected chi connectivity index (χ2v) is 8.25. The van der Waals surface area contributed by atoms with Gasteiger partial charge in [0.05, 0.1) is 11.5 Å². The minimum Gasteiger partial charge on any atom is -0.486 e. The standard InChI is InChI=1S/C27H22N4O5/c1-18-15-21(9-11-24(18)31(33)34)35-17-22-10-12-25(36-22)27(32)28-26-13-14-30(29-26)16-20-7-4-6-19-5-2-3-8-23(19)20/h2-15H,16-17H2,1H3,(H,28,29,32). The molecule has 3 aromatic carbocycles. The summed E-state index contributed by atoms with van der Waals surface area (Å²) in [4.78, 5) is 23.1. The zero-order chi connectivity index (χ0) is 25.1. The summed E-state index contributed by atoms with van der Waals surface area (Å²) in [6.07, 6.45) is 1.81. The highest BCUT2D eigenvalue weighted by Gasteiger charge is 2.15. The summed E-state index contributed by atoms with van der Waals surface area (Å²) in [6, 6.07) is 23.8. The Morgan fingerprint density at radius 2 is 1.92 bits per heavy atom. The average Bonchev–Trinajstić information content (AvgIpc) is 3.52. The quantitative estimate of drug-likeness (QED) is 0.223. The van der Waals surface area contributed by atoms with Crippen molar-refractivity contribution < 1.29 is 18.9 Å². The third-order valence-electron chi connectivity index (χ3n) is 5.73. The van der Waals surface area contributed by atoms with Crippen LogP contribution in [-0.2, 0) is 13.2 Å². The van der Waals surface area contributed by atoms with Gasteiger partial charge in [-0.25, -0.2) is 0 Å². The number of aromatic nitrogens is 2. The van der Waals surface area contributed by atoms with Crippen LogP contribution in [0.4, 0.5) is 11.5 Å². The van der Waals surface area contributed by atoms with Gasteiger partial charge in [0.25, 0.3) is 11.6 Å². The van der Waals surface area contributed by atoms with Gasteiger partial charge in [0.1, 0.15) is 18.1 Å². The fourth-order valence-electron chi connectivity index (χ4n) is 3.95. The number of furan rings is 1. The zero-order valence-electron chi connectivity index (χ0n) is 19.4. The molecule has 5 rings (SSSR count). The minimum absolute atomic E-state index is 0.0267. The topological polar surface area (TPSA) is 112 Å². The minimum atomic E-state index is -0.441. The lowest BCUT2D eigenvalue weighted by atomic mass is 10.0. The Morgan fingerprint density at radius 1 is 1.08 bits per heavy atom. The van der Waals surface area contributed by atoms with Crippen molar-refractivity contribution in [3.8, 4) is 5.75 Å². The van der Waals surface area contributed by atoms with E-state index < -0.39 is 10.8 Å². The van der Waals surface area contributed by atoms with Crippen molar-refractivity contribution in [2.45, 2.75) is 20.1 Å². The van der Waals surface area contributed by atoms with Gasteiger partial charge < -0.3 is 14.5 Å². The van der Waals surface area contributed by atoms with Crippen LogP contribution in [0.3, 0.4) is 0 Å². The smallest absolute Gasteiger partial charge is 0.292 e. The maximum atomic E-state index is 12.6. The molecule has 0 saturated carbocycles. The number of hydrogen-bond donors (Lipinski definition) is 1. The van der Waals surface area contributed by atoms with Crippen molar-refractivity contribution >= 4 is 28.2 Å². The summed E-state index contributed by atoms with van der Waals surface area (Å²) in [6.45, 7) is 2.29. The lowest BCUT2D eigenvalue weighted by molar-refractivity contribution is -0.385. The largest absolute Gasteiger partial charge is 0.486 e. The Hall–Kier alpha value is -4.92. The lowest BCUT2D eigenvalue weighted by Gasteiger charge is -2.07. The van der Waals surface area contributed by atoms with Gasteiger partial charge in [-0.05, 0) is 47.5 Å². The maximum absolute atomic E-state index is 12.6. The third kappa shape index (κ3) is 4.95. The van der Waals surface area contributed by atoms with E-state index in [-0.39, 0.29) is 18.1 Å². The van der Waals surface area contributed by atoms with E-state index in [4.69, 9.17) is 9.15 Å². The molecule has 36 heavy (non-hydrogen) atoms. The highest BCUT2D eigenvalue weighted by Crippen LogP contribution is 2.24. The molecule has 5 aromatic rings. The molecule has 1 N–H and O–H groups in total. The average molecular weight is 482 g/mol. The summed E-state index contributed by atoms with van der Waals surface area (Å²) >= 11 is 0. The molecule has 0 aliphatic carbocycles. The number of nitro groups is 1. The van der Waals surface area contributed by atoms with Crippen LogP contribution in [0.15, 0.2) is 89.5 Å². The second-order valence-electron chi connectivity index (χ2n) is 8.25. The van der Waals surface area contributed by atoms with Crippen LogP contribution in [0.1, 0.15) is 27.4 Å². The number of benzene rings is 3. The summed E-state index contributed by atoms with van der Waals surface area (Å²) in [7, 11) is 0. The van der Waals surface area contributed by atoms with E-state index in [1.165, 1.54) is 12.1 Å². The molecule has 2 aromatic heterocycles. The number of rotatable bonds is 8. The number of amides is 1. The molecule has 180 valence electrons. The Balaban J connectivity index is 1.19. The predicted molar refractivity (Wildman–Crippen MR) is 134 cm³/mol. The molecule has 0 saturated heterocycles. The van der Waals surface area contributed by atoms with Gasteiger partial charge in [-0.2, -0.15) is 5.10 Å². The normalized spacial score (nSPS) is 10.9. The monoisotopic (exact) mass is 482 g/mol. The van der Waals surface area contributed by atoms with Gasteiger partial charge in [-0.1, -0.05) is 42.5 Å². The molecule has 0 atom stereocenters. The lowest BCUT2D eigenvalue weighted by Crippen LogP contribution is -2.12. The molecule has 0 bridgehead atoms. The number of hydrogen-bond acceptors (Lipinski definition) is 6. The van der Waals surface area contributed by atoms with Crippen molar-refractivity contribution in [1.82, 2.24) is 9.78 Å². The number of carbonyl (C=O) groups excluding carboxylic acids is 1. The van der Waals surface area contributed by atoms with Crippen LogP contribution in [0.5, 0.6) is 5.75 Å².